The third-order valence-electron chi connectivity index (χ3n) is 7.73. The Hall–Kier alpha value is -2.93. The summed E-state index contributed by atoms with van der Waals surface area (Å²) in [7, 11) is 0. The number of fused-ring (bicyclic) bond motifs is 3. The molecule has 0 saturated heterocycles. The molecule has 3 heterocycles. The van der Waals surface area contributed by atoms with Gasteiger partial charge in [-0.2, -0.15) is 0 Å². The number of ether oxygens (including phenoxy) is 1. The van der Waals surface area contributed by atoms with E-state index in [4.69, 9.17) is 16.3 Å². The largest absolute Gasteiger partial charge is 0.474 e. The molecule has 36 heavy (non-hydrogen) atoms. The van der Waals surface area contributed by atoms with Crippen LogP contribution < -0.4 is 10.1 Å². The molecule has 7 nitrogen and oxygen atoms in total. The van der Waals surface area contributed by atoms with Crippen molar-refractivity contribution in [3.63, 3.8) is 0 Å². The fourth-order valence-electron chi connectivity index (χ4n) is 5.15. The van der Waals surface area contributed by atoms with Gasteiger partial charge in [-0.05, 0) is 68.4 Å². The number of amides is 1. The Balaban J connectivity index is 1.38. The number of hydrogen-bond donors (Lipinski definition) is 1. The standard InChI is InChI=1S/C28H34ClN5O2/c1-4-28(2,3)27(35)31-21-16-19-15-20(29)10-13-23(19)34-24(17-21)32-33-26(34)18-8-11-22(12-9-18)36-25-7-5-6-14-30-25/h5-7,10,13-15,18,21-22H,4,8-9,11-12,16-17H2,1-3H3,(H,31,35)/t18-,21-,22-/m0/s1. The van der Waals surface area contributed by atoms with E-state index in [2.05, 4.69) is 31.1 Å². The van der Waals surface area contributed by atoms with Crippen LogP contribution >= 0.6 is 11.6 Å². The molecule has 1 aliphatic carbocycles. The van der Waals surface area contributed by atoms with E-state index in [9.17, 15) is 4.79 Å². The Morgan fingerprint density at radius 1 is 1.14 bits per heavy atom. The third kappa shape index (κ3) is 5.12. The van der Waals surface area contributed by atoms with Crippen LogP contribution in [0.25, 0.3) is 5.69 Å². The van der Waals surface area contributed by atoms with Gasteiger partial charge in [0.05, 0.1) is 5.69 Å². The van der Waals surface area contributed by atoms with Crippen molar-refractivity contribution in [1.29, 1.82) is 0 Å². The van der Waals surface area contributed by atoms with Crippen LogP contribution in [0.5, 0.6) is 5.88 Å². The molecular formula is C28H34ClN5O2. The Morgan fingerprint density at radius 3 is 2.67 bits per heavy atom. The molecule has 0 unspecified atom stereocenters. The van der Waals surface area contributed by atoms with E-state index in [1.165, 1.54) is 0 Å². The predicted molar refractivity (Wildman–Crippen MR) is 140 cm³/mol. The van der Waals surface area contributed by atoms with Gasteiger partial charge in [-0.15, -0.1) is 10.2 Å². The molecule has 0 bridgehead atoms. The first kappa shape index (κ1) is 24.8. The van der Waals surface area contributed by atoms with E-state index in [-0.39, 0.29) is 18.1 Å². The monoisotopic (exact) mass is 507 g/mol. The van der Waals surface area contributed by atoms with Crippen molar-refractivity contribution in [2.75, 3.05) is 0 Å². The molecule has 1 N–H and O–H groups in total. The zero-order valence-electron chi connectivity index (χ0n) is 21.2. The molecule has 0 spiro atoms. The van der Waals surface area contributed by atoms with Gasteiger partial charge in [0.15, 0.2) is 0 Å². The fourth-order valence-corrected chi connectivity index (χ4v) is 5.35. The third-order valence-corrected chi connectivity index (χ3v) is 7.97. The van der Waals surface area contributed by atoms with Gasteiger partial charge in [0.2, 0.25) is 11.8 Å². The average Bonchev–Trinajstić information content (AvgIpc) is 3.21. The highest BCUT2D eigenvalue weighted by atomic mass is 35.5. The van der Waals surface area contributed by atoms with Crippen LogP contribution in [0.2, 0.25) is 5.02 Å². The van der Waals surface area contributed by atoms with Crippen molar-refractivity contribution in [2.24, 2.45) is 5.41 Å². The topological polar surface area (TPSA) is 81.9 Å². The van der Waals surface area contributed by atoms with E-state index in [0.717, 1.165) is 55.0 Å². The van der Waals surface area contributed by atoms with Crippen molar-refractivity contribution in [3.05, 3.63) is 64.8 Å². The first-order valence-electron chi connectivity index (χ1n) is 13.0. The van der Waals surface area contributed by atoms with E-state index < -0.39 is 5.41 Å². The summed E-state index contributed by atoms with van der Waals surface area (Å²) in [4.78, 5) is 17.3. The minimum absolute atomic E-state index is 0.0676. The Bertz CT molecular complexity index is 1220. The van der Waals surface area contributed by atoms with Crippen LogP contribution in [0, 0.1) is 5.41 Å². The number of hydrogen-bond acceptors (Lipinski definition) is 5. The second-order valence-electron chi connectivity index (χ2n) is 10.7. The zero-order chi connectivity index (χ0) is 25.3. The van der Waals surface area contributed by atoms with Crippen molar-refractivity contribution in [3.8, 4) is 11.6 Å². The molecule has 0 radical (unpaired) electrons. The van der Waals surface area contributed by atoms with E-state index >= 15 is 0 Å². The molecule has 5 rings (SSSR count). The zero-order valence-corrected chi connectivity index (χ0v) is 22.0. The minimum atomic E-state index is -0.418. The lowest BCUT2D eigenvalue weighted by Gasteiger charge is -2.28. The summed E-state index contributed by atoms with van der Waals surface area (Å²) in [5.74, 6) is 2.92. The number of halogens is 1. The smallest absolute Gasteiger partial charge is 0.225 e. The maximum absolute atomic E-state index is 13.0. The van der Waals surface area contributed by atoms with Gasteiger partial charge in [-0.3, -0.25) is 9.36 Å². The summed E-state index contributed by atoms with van der Waals surface area (Å²) in [6.45, 7) is 6.01. The van der Waals surface area contributed by atoms with Crippen LogP contribution in [0.4, 0.5) is 0 Å². The molecule has 1 fully saturated rings. The van der Waals surface area contributed by atoms with E-state index in [1.807, 2.05) is 51.1 Å². The number of nitrogens with one attached hydrogen (secondary N) is 1. The molecule has 1 aromatic carbocycles. The van der Waals surface area contributed by atoms with Crippen LogP contribution in [0.15, 0.2) is 42.6 Å². The fraction of sp³-hybridized carbons (Fsp3) is 0.500. The van der Waals surface area contributed by atoms with Crippen LogP contribution in [-0.2, 0) is 17.6 Å². The number of carbonyl (C=O) groups excluding carboxylic acids is 1. The van der Waals surface area contributed by atoms with Crippen LogP contribution in [-0.4, -0.2) is 37.8 Å². The Kier molecular flexibility index (Phi) is 7.02. The highest BCUT2D eigenvalue weighted by Gasteiger charge is 2.33. The highest BCUT2D eigenvalue weighted by Crippen LogP contribution is 2.37. The second-order valence-corrected chi connectivity index (χ2v) is 11.1. The summed E-state index contributed by atoms with van der Waals surface area (Å²) in [5.41, 5.74) is 1.75. The van der Waals surface area contributed by atoms with Gasteiger partial charge in [-0.25, -0.2) is 4.98 Å². The lowest BCUT2D eigenvalue weighted by atomic mass is 9.86. The molecule has 2 aromatic heterocycles. The first-order valence-corrected chi connectivity index (χ1v) is 13.3. The van der Waals surface area contributed by atoms with Crippen molar-refractivity contribution >= 4 is 17.5 Å². The molecule has 1 amide bonds. The van der Waals surface area contributed by atoms with Crippen molar-refractivity contribution in [1.82, 2.24) is 25.1 Å². The summed E-state index contributed by atoms with van der Waals surface area (Å²) < 4.78 is 8.32. The number of rotatable bonds is 6. The number of aromatic nitrogens is 4. The number of benzene rings is 1. The lowest BCUT2D eigenvalue weighted by molar-refractivity contribution is -0.130. The summed E-state index contributed by atoms with van der Waals surface area (Å²) in [5, 5.41) is 13.3. The molecule has 3 aromatic rings. The van der Waals surface area contributed by atoms with Gasteiger partial charge in [0, 0.05) is 41.1 Å². The minimum Gasteiger partial charge on any atom is -0.474 e. The van der Waals surface area contributed by atoms with Gasteiger partial charge in [0.25, 0.3) is 0 Å². The normalized spacial score (nSPS) is 21.7. The summed E-state index contributed by atoms with van der Waals surface area (Å²) >= 11 is 6.40. The van der Waals surface area contributed by atoms with Gasteiger partial charge in [-0.1, -0.05) is 38.4 Å². The first-order chi connectivity index (χ1) is 17.3. The quantitative estimate of drug-likeness (QED) is 0.480. The molecular weight excluding hydrogens is 474 g/mol. The number of pyridine rings is 1. The lowest BCUT2D eigenvalue weighted by Crippen LogP contribution is -2.44. The predicted octanol–water partition coefficient (Wildman–Crippen LogP) is 5.44. The second kappa shape index (κ2) is 10.2. The molecule has 190 valence electrons. The average molecular weight is 508 g/mol. The van der Waals surface area contributed by atoms with Crippen LogP contribution in [0.3, 0.4) is 0 Å². The number of nitrogens with zero attached hydrogens (tertiary/aromatic N) is 4. The van der Waals surface area contributed by atoms with Crippen molar-refractivity contribution in [2.45, 2.75) is 83.8 Å². The maximum atomic E-state index is 13.0. The highest BCUT2D eigenvalue weighted by molar-refractivity contribution is 6.30. The van der Waals surface area contributed by atoms with Crippen LogP contribution in [0.1, 0.15) is 76.0 Å². The SMILES string of the molecule is CCC(C)(C)C(=O)N[C@H]1Cc2cc(Cl)ccc2-n2c(nnc2[C@H]2CC[C@H](Oc3ccccn3)CC2)C1. The summed E-state index contributed by atoms with van der Waals surface area (Å²) in [6.07, 6.45) is 7.87. The van der Waals surface area contributed by atoms with E-state index in [1.54, 1.807) is 6.20 Å². The number of carbonyl (C=O) groups is 1. The molecule has 1 aliphatic heterocycles. The molecule has 1 saturated carbocycles. The van der Waals surface area contributed by atoms with Crippen molar-refractivity contribution < 1.29 is 9.53 Å². The maximum Gasteiger partial charge on any atom is 0.225 e. The van der Waals surface area contributed by atoms with Gasteiger partial charge in [0.1, 0.15) is 17.8 Å². The van der Waals surface area contributed by atoms with E-state index in [0.29, 0.717) is 29.7 Å². The molecule has 2 aliphatic rings. The van der Waals surface area contributed by atoms with Gasteiger partial charge >= 0.3 is 0 Å². The van der Waals surface area contributed by atoms with Gasteiger partial charge < -0.3 is 10.1 Å². The molecule has 1 atom stereocenters. The Morgan fingerprint density at radius 2 is 1.94 bits per heavy atom. The molecule has 8 heteroatoms. The summed E-state index contributed by atoms with van der Waals surface area (Å²) in [6, 6.07) is 11.7. The Labute approximate surface area is 217 Å².